The highest BCUT2D eigenvalue weighted by molar-refractivity contribution is 5.81. The molecule has 0 unspecified atom stereocenters. The third-order valence-corrected chi connectivity index (χ3v) is 3.49. The Morgan fingerprint density at radius 3 is 1.86 bits per heavy atom. The number of rotatable bonds is 7. The van der Waals surface area contributed by atoms with Crippen molar-refractivity contribution < 1.29 is 14.3 Å². The summed E-state index contributed by atoms with van der Waals surface area (Å²) < 4.78 is 10.8. The number of nitrogens with one attached hydrogen (secondary N) is 1. The highest BCUT2D eigenvalue weighted by atomic mass is 16.5. The summed E-state index contributed by atoms with van der Waals surface area (Å²) in [4.78, 5) is 12.2. The van der Waals surface area contributed by atoms with Gasteiger partial charge in [-0.25, -0.2) is 0 Å². The maximum absolute atomic E-state index is 12.2. The Kier molecular flexibility index (Phi) is 6.53. The summed E-state index contributed by atoms with van der Waals surface area (Å²) >= 11 is 0. The maximum Gasteiger partial charge on any atom is 0.261 e. The van der Waals surface area contributed by atoms with E-state index >= 15 is 0 Å². The van der Waals surface area contributed by atoms with Gasteiger partial charge in [-0.1, -0.05) is 27.7 Å². The minimum atomic E-state index is -0.529. The molecular weight excluding hydrogens is 266 g/mol. The molecule has 0 spiro atoms. The summed E-state index contributed by atoms with van der Waals surface area (Å²) in [5.74, 6) is 2.12. The number of methoxy groups -OCH3 is 1. The fourth-order valence-electron chi connectivity index (χ4n) is 2.30. The Hall–Kier alpha value is -1.71. The van der Waals surface area contributed by atoms with Crippen molar-refractivity contribution in [1.29, 1.82) is 0 Å². The van der Waals surface area contributed by atoms with Gasteiger partial charge < -0.3 is 14.8 Å². The molecule has 0 aliphatic heterocycles. The van der Waals surface area contributed by atoms with Crippen LogP contribution < -0.4 is 14.8 Å². The third-order valence-electron chi connectivity index (χ3n) is 3.49. The first-order chi connectivity index (χ1) is 9.85. The van der Waals surface area contributed by atoms with E-state index in [-0.39, 0.29) is 11.9 Å². The Morgan fingerprint density at radius 2 is 1.43 bits per heavy atom. The molecule has 0 bridgehead atoms. The van der Waals surface area contributed by atoms with E-state index in [0.29, 0.717) is 17.6 Å². The van der Waals surface area contributed by atoms with Gasteiger partial charge in [-0.05, 0) is 43.0 Å². The fourth-order valence-corrected chi connectivity index (χ4v) is 2.30. The van der Waals surface area contributed by atoms with Crippen LogP contribution in [0.3, 0.4) is 0 Å². The van der Waals surface area contributed by atoms with Gasteiger partial charge >= 0.3 is 0 Å². The van der Waals surface area contributed by atoms with Gasteiger partial charge in [0.2, 0.25) is 0 Å². The van der Waals surface area contributed by atoms with E-state index in [1.165, 1.54) is 0 Å². The van der Waals surface area contributed by atoms with Crippen molar-refractivity contribution in [2.24, 2.45) is 11.8 Å². The number of carbonyl (C=O) groups is 1. The van der Waals surface area contributed by atoms with E-state index < -0.39 is 6.10 Å². The standard InChI is InChI=1S/C17H27NO3/c1-11(2)16(12(3)4)18-17(19)13(5)21-15-9-7-14(20-6)8-10-15/h7-13,16H,1-6H3,(H,18,19)/t13-/m1/s1. The van der Waals surface area contributed by atoms with Crippen molar-refractivity contribution in [3.8, 4) is 11.5 Å². The largest absolute Gasteiger partial charge is 0.497 e. The van der Waals surface area contributed by atoms with Crippen LogP contribution in [0.15, 0.2) is 24.3 Å². The minimum Gasteiger partial charge on any atom is -0.497 e. The average Bonchev–Trinajstić information content (AvgIpc) is 2.44. The lowest BCUT2D eigenvalue weighted by Crippen LogP contribution is -2.47. The topological polar surface area (TPSA) is 47.6 Å². The van der Waals surface area contributed by atoms with Gasteiger partial charge in [-0.2, -0.15) is 0 Å². The van der Waals surface area contributed by atoms with E-state index in [2.05, 4.69) is 33.0 Å². The van der Waals surface area contributed by atoms with E-state index in [1.807, 2.05) is 12.1 Å². The highest BCUT2D eigenvalue weighted by Crippen LogP contribution is 2.18. The van der Waals surface area contributed by atoms with Crippen molar-refractivity contribution in [1.82, 2.24) is 5.32 Å². The smallest absolute Gasteiger partial charge is 0.261 e. The molecule has 1 N–H and O–H groups in total. The first-order valence-corrected chi connectivity index (χ1v) is 7.46. The summed E-state index contributed by atoms with van der Waals surface area (Å²) in [5, 5.41) is 3.07. The molecule has 118 valence electrons. The van der Waals surface area contributed by atoms with Gasteiger partial charge in [0.05, 0.1) is 7.11 Å². The third kappa shape index (κ3) is 5.29. The summed E-state index contributed by atoms with van der Waals surface area (Å²) in [6.07, 6.45) is -0.529. The van der Waals surface area contributed by atoms with Gasteiger partial charge in [0.15, 0.2) is 6.10 Å². The fraction of sp³-hybridized carbons (Fsp3) is 0.588. The van der Waals surface area contributed by atoms with Gasteiger partial charge in [0.1, 0.15) is 11.5 Å². The lowest BCUT2D eigenvalue weighted by atomic mass is 9.93. The minimum absolute atomic E-state index is 0.0850. The number of carbonyl (C=O) groups excluding carboxylic acids is 1. The Morgan fingerprint density at radius 1 is 0.952 bits per heavy atom. The van der Waals surface area contributed by atoms with Crippen LogP contribution in [0.25, 0.3) is 0 Å². The van der Waals surface area contributed by atoms with Crippen molar-refractivity contribution in [2.75, 3.05) is 7.11 Å². The molecule has 1 aromatic rings. The molecule has 0 saturated carbocycles. The molecule has 1 amide bonds. The molecular formula is C17H27NO3. The Balaban J connectivity index is 2.61. The van der Waals surface area contributed by atoms with Gasteiger partial charge in [0.25, 0.3) is 5.91 Å². The molecule has 0 radical (unpaired) electrons. The van der Waals surface area contributed by atoms with Crippen molar-refractivity contribution in [3.63, 3.8) is 0 Å². The number of hydrogen-bond donors (Lipinski definition) is 1. The lowest BCUT2D eigenvalue weighted by molar-refractivity contribution is -0.128. The summed E-state index contributed by atoms with van der Waals surface area (Å²) in [5.41, 5.74) is 0. The number of benzene rings is 1. The van der Waals surface area contributed by atoms with Crippen LogP contribution in [0.1, 0.15) is 34.6 Å². The highest BCUT2D eigenvalue weighted by Gasteiger charge is 2.23. The molecule has 0 aromatic heterocycles. The molecule has 0 aliphatic carbocycles. The molecule has 0 heterocycles. The van der Waals surface area contributed by atoms with Crippen LogP contribution >= 0.6 is 0 Å². The lowest BCUT2D eigenvalue weighted by Gasteiger charge is -2.27. The van der Waals surface area contributed by atoms with Crippen LogP contribution in [0.5, 0.6) is 11.5 Å². The molecule has 4 heteroatoms. The second-order valence-electron chi connectivity index (χ2n) is 5.96. The molecule has 1 aromatic carbocycles. The Bertz CT molecular complexity index is 432. The molecule has 0 saturated heterocycles. The van der Waals surface area contributed by atoms with Gasteiger partial charge in [-0.15, -0.1) is 0 Å². The normalized spacial score (nSPS) is 12.6. The zero-order chi connectivity index (χ0) is 16.0. The van der Waals surface area contributed by atoms with Crippen LogP contribution in [-0.4, -0.2) is 25.2 Å². The zero-order valence-corrected chi connectivity index (χ0v) is 13.8. The van der Waals surface area contributed by atoms with Gasteiger partial charge in [-0.3, -0.25) is 4.79 Å². The molecule has 1 atom stereocenters. The zero-order valence-electron chi connectivity index (χ0n) is 13.8. The van der Waals surface area contributed by atoms with E-state index in [9.17, 15) is 4.79 Å². The first kappa shape index (κ1) is 17.3. The number of hydrogen-bond acceptors (Lipinski definition) is 3. The average molecular weight is 293 g/mol. The van der Waals surface area contributed by atoms with Crippen molar-refractivity contribution in [3.05, 3.63) is 24.3 Å². The van der Waals surface area contributed by atoms with E-state index in [0.717, 1.165) is 5.75 Å². The summed E-state index contributed by atoms with van der Waals surface area (Å²) in [6.45, 7) is 10.2. The molecule has 1 rings (SSSR count). The van der Waals surface area contributed by atoms with Crippen LogP contribution in [-0.2, 0) is 4.79 Å². The quantitative estimate of drug-likeness (QED) is 0.839. The van der Waals surface area contributed by atoms with Crippen LogP contribution in [0, 0.1) is 11.8 Å². The van der Waals surface area contributed by atoms with Crippen molar-refractivity contribution >= 4 is 5.91 Å². The van der Waals surface area contributed by atoms with E-state index in [1.54, 1.807) is 26.2 Å². The summed E-state index contributed by atoms with van der Waals surface area (Å²) in [6, 6.07) is 7.37. The predicted molar refractivity (Wildman–Crippen MR) is 84.7 cm³/mol. The second-order valence-corrected chi connectivity index (χ2v) is 5.96. The second kappa shape index (κ2) is 7.91. The number of ether oxygens (including phenoxy) is 2. The predicted octanol–water partition coefficient (Wildman–Crippen LogP) is 3.26. The van der Waals surface area contributed by atoms with Crippen LogP contribution in [0.2, 0.25) is 0 Å². The molecule has 0 aliphatic rings. The Labute approximate surface area is 127 Å². The maximum atomic E-state index is 12.2. The molecule has 0 fully saturated rings. The molecule has 21 heavy (non-hydrogen) atoms. The van der Waals surface area contributed by atoms with E-state index in [4.69, 9.17) is 9.47 Å². The number of amides is 1. The first-order valence-electron chi connectivity index (χ1n) is 7.46. The summed E-state index contributed by atoms with van der Waals surface area (Å²) in [7, 11) is 1.61. The SMILES string of the molecule is COc1ccc(O[C@H](C)C(=O)NC(C(C)C)C(C)C)cc1. The van der Waals surface area contributed by atoms with Crippen LogP contribution in [0.4, 0.5) is 0 Å². The van der Waals surface area contributed by atoms with Gasteiger partial charge in [0, 0.05) is 6.04 Å². The monoisotopic (exact) mass is 293 g/mol. The van der Waals surface area contributed by atoms with Crippen molar-refractivity contribution in [2.45, 2.75) is 46.8 Å². The molecule has 4 nitrogen and oxygen atoms in total.